The lowest BCUT2D eigenvalue weighted by atomic mass is 10.2. The topological polar surface area (TPSA) is 41.6 Å². The molecule has 0 spiro atoms. The van der Waals surface area contributed by atoms with Crippen LogP contribution in [0.15, 0.2) is 0 Å². The second kappa shape index (κ2) is 3.58. The van der Waals surface area contributed by atoms with Crippen molar-refractivity contribution in [3.05, 3.63) is 0 Å². The summed E-state index contributed by atoms with van der Waals surface area (Å²) < 4.78 is 19.6. The third-order valence-corrected chi connectivity index (χ3v) is 3.02. The van der Waals surface area contributed by atoms with E-state index < -0.39 is 17.5 Å². The first-order valence-corrected chi connectivity index (χ1v) is 5.74. The monoisotopic (exact) mass is 230 g/mol. The number of amides is 1. The molecule has 0 radical (unpaired) electrons. The molecule has 1 amide bonds. The summed E-state index contributed by atoms with van der Waals surface area (Å²) >= 11 is 0. The highest BCUT2D eigenvalue weighted by Gasteiger charge is 2.53. The minimum absolute atomic E-state index is 0.0615. The van der Waals surface area contributed by atoms with Gasteiger partial charge in [-0.15, -0.1) is 0 Å². The van der Waals surface area contributed by atoms with Crippen molar-refractivity contribution in [3.63, 3.8) is 0 Å². The van der Waals surface area contributed by atoms with Gasteiger partial charge in [-0.3, -0.25) is 4.90 Å². The minimum atomic E-state index is -1.55. The maximum atomic E-state index is 14.4. The number of carbonyl (C=O) groups is 1. The molecule has 2 aliphatic rings. The number of halogens is 1. The van der Waals surface area contributed by atoms with Crippen LogP contribution in [0, 0.1) is 0 Å². The number of rotatable bonds is 0. The summed E-state index contributed by atoms with van der Waals surface area (Å²) in [7, 11) is 0. The van der Waals surface area contributed by atoms with Gasteiger partial charge in [-0.1, -0.05) is 0 Å². The van der Waals surface area contributed by atoms with Gasteiger partial charge in [0.25, 0.3) is 0 Å². The van der Waals surface area contributed by atoms with Crippen LogP contribution in [0.2, 0.25) is 0 Å². The Hall–Kier alpha value is -0.840. The van der Waals surface area contributed by atoms with Crippen molar-refractivity contribution in [1.82, 2.24) is 10.2 Å². The Morgan fingerprint density at radius 3 is 2.81 bits per heavy atom. The van der Waals surface area contributed by atoms with Crippen LogP contribution >= 0.6 is 0 Å². The summed E-state index contributed by atoms with van der Waals surface area (Å²) in [5.74, 6) is -1.55. The summed E-state index contributed by atoms with van der Waals surface area (Å²) in [6.07, 6.45) is 0.589. The summed E-state index contributed by atoms with van der Waals surface area (Å²) in [4.78, 5) is 13.2. The van der Waals surface area contributed by atoms with Gasteiger partial charge in [0.05, 0.1) is 6.04 Å². The maximum Gasteiger partial charge on any atom is 0.413 e. The number of alkyl halides is 1. The average molecular weight is 230 g/mol. The van der Waals surface area contributed by atoms with Crippen LogP contribution in [-0.4, -0.2) is 41.5 Å². The van der Waals surface area contributed by atoms with Crippen molar-refractivity contribution in [3.8, 4) is 0 Å². The van der Waals surface area contributed by atoms with Crippen LogP contribution in [-0.2, 0) is 4.74 Å². The lowest BCUT2D eigenvalue weighted by molar-refractivity contribution is -0.0557. The number of hydrogen-bond acceptors (Lipinski definition) is 3. The molecular weight excluding hydrogens is 211 g/mol. The van der Waals surface area contributed by atoms with Crippen molar-refractivity contribution in [1.29, 1.82) is 0 Å². The fraction of sp³-hybridized carbons (Fsp3) is 0.909. The molecule has 2 saturated heterocycles. The van der Waals surface area contributed by atoms with Crippen LogP contribution < -0.4 is 5.32 Å². The maximum absolute atomic E-state index is 14.4. The van der Waals surface area contributed by atoms with E-state index in [0.29, 0.717) is 19.4 Å². The Morgan fingerprint density at radius 1 is 1.56 bits per heavy atom. The molecule has 2 bridgehead atoms. The molecule has 2 aliphatic heterocycles. The highest BCUT2D eigenvalue weighted by atomic mass is 19.1. The Balaban J connectivity index is 2.12. The lowest BCUT2D eigenvalue weighted by Gasteiger charge is -2.39. The van der Waals surface area contributed by atoms with E-state index >= 15 is 0 Å². The number of hydrogen-bond donors (Lipinski definition) is 1. The Labute approximate surface area is 95.1 Å². The zero-order valence-electron chi connectivity index (χ0n) is 10.0. The van der Waals surface area contributed by atoms with Gasteiger partial charge in [0.2, 0.25) is 0 Å². The van der Waals surface area contributed by atoms with Crippen molar-refractivity contribution in [2.45, 2.75) is 51.0 Å². The summed E-state index contributed by atoms with van der Waals surface area (Å²) in [6, 6.07) is -0.0615. The Bertz CT molecular complexity index is 299. The van der Waals surface area contributed by atoms with Crippen LogP contribution in [0.25, 0.3) is 0 Å². The van der Waals surface area contributed by atoms with E-state index in [2.05, 4.69) is 5.32 Å². The van der Waals surface area contributed by atoms with Crippen molar-refractivity contribution in [2.75, 3.05) is 13.1 Å². The first-order valence-electron chi connectivity index (χ1n) is 5.74. The molecule has 2 heterocycles. The molecule has 0 saturated carbocycles. The number of nitrogens with zero attached hydrogens (tertiary/aromatic N) is 1. The van der Waals surface area contributed by atoms with E-state index in [1.807, 2.05) is 0 Å². The number of nitrogens with one attached hydrogen (secondary N) is 1. The largest absolute Gasteiger partial charge is 0.444 e. The molecule has 1 N–H and O–H groups in total. The average Bonchev–Trinajstić information content (AvgIpc) is 2.30. The van der Waals surface area contributed by atoms with Crippen molar-refractivity contribution >= 4 is 6.09 Å². The van der Waals surface area contributed by atoms with Gasteiger partial charge in [-0.25, -0.2) is 9.18 Å². The molecule has 0 aromatic carbocycles. The molecule has 2 fully saturated rings. The second-order valence-electron chi connectivity index (χ2n) is 5.59. The molecular formula is C11H19FN2O2. The van der Waals surface area contributed by atoms with E-state index in [1.54, 1.807) is 20.8 Å². The summed E-state index contributed by atoms with van der Waals surface area (Å²) in [6.45, 7) is 6.24. The van der Waals surface area contributed by atoms with Crippen LogP contribution in [0.4, 0.5) is 9.18 Å². The molecule has 4 nitrogen and oxygen atoms in total. The molecule has 0 aromatic rings. The predicted octanol–water partition coefficient (Wildman–Crippen LogP) is 1.65. The number of fused-ring (bicyclic) bond motifs is 2. The van der Waals surface area contributed by atoms with Gasteiger partial charge in [-0.2, -0.15) is 0 Å². The van der Waals surface area contributed by atoms with E-state index in [4.69, 9.17) is 4.74 Å². The van der Waals surface area contributed by atoms with Gasteiger partial charge in [0, 0.05) is 19.5 Å². The quantitative estimate of drug-likeness (QED) is 0.643. The normalized spacial score (nSPS) is 34.0. The smallest absolute Gasteiger partial charge is 0.413 e. The Kier molecular flexibility index (Phi) is 2.61. The first kappa shape index (κ1) is 11.6. The molecule has 16 heavy (non-hydrogen) atoms. The first-order chi connectivity index (χ1) is 7.32. The fourth-order valence-corrected chi connectivity index (χ4v) is 2.39. The third kappa shape index (κ3) is 2.00. The van der Waals surface area contributed by atoms with Crippen LogP contribution in [0.1, 0.15) is 33.6 Å². The molecule has 2 unspecified atom stereocenters. The molecule has 2 rings (SSSR count). The highest BCUT2D eigenvalue weighted by Crippen LogP contribution is 2.38. The van der Waals surface area contributed by atoms with E-state index in [1.165, 1.54) is 4.90 Å². The van der Waals surface area contributed by atoms with Gasteiger partial charge in [0.1, 0.15) is 5.60 Å². The zero-order valence-corrected chi connectivity index (χ0v) is 10.0. The van der Waals surface area contributed by atoms with E-state index in [9.17, 15) is 9.18 Å². The molecule has 0 aliphatic carbocycles. The van der Waals surface area contributed by atoms with Gasteiger partial charge in [-0.05, 0) is 27.2 Å². The Morgan fingerprint density at radius 2 is 2.25 bits per heavy atom. The van der Waals surface area contributed by atoms with E-state index in [0.717, 1.165) is 0 Å². The standard InChI is InChI=1S/C11H19FN2O2/c1-10(2,3)16-9(15)14-8-4-5-11(14,12)7-13-6-8/h8,13H,4-7H2,1-3H3. The summed E-state index contributed by atoms with van der Waals surface area (Å²) in [5, 5.41) is 3.01. The zero-order chi connectivity index (χ0) is 12.0. The highest BCUT2D eigenvalue weighted by molar-refractivity contribution is 5.70. The lowest BCUT2D eigenvalue weighted by Crippen LogP contribution is -2.60. The second-order valence-corrected chi connectivity index (χ2v) is 5.59. The van der Waals surface area contributed by atoms with Crippen molar-refractivity contribution < 1.29 is 13.9 Å². The molecule has 92 valence electrons. The number of ether oxygens (including phenoxy) is 1. The van der Waals surface area contributed by atoms with Crippen LogP contribution in [0.3, 0.4) is 0 Å². The minimum Gasteiger partial charge on any atom is -0.444 e. The van der Waals surface area contributed by atoms with Crippen LogP contribution in [0.5, 0.6) is 0 Å². The molecule has 0 aromatic heterocycles. The van der Waals surface area contributed by atoms with Gasteiger partial charge < -0.3 is 10.1 Å². The SMILES string of the molecule is CC(C)(C)OC(=O)N1C2CCC1(F)CNC2. The van der Waals surface area contributed by atoms with Gasteiger partial charge >= 0.3 is 6.09 Å². The fourth-order valence-electron chi connectivity index (χ4n) is 2.39. The third-order valence-electron chi connectivity index (χ3n) is 3.02. The predicted molar refractivity (Wildman–Crippen MR) is 57.8 cm³/mol. The molecule has 5 heteroatoms. The van der Waals surface area contributed by atoms with E-state index in [-0.39, 0.29) is 12.6 Å². The molecule has 2 atom stereocenters. The number of piperazine rings is 1. The summed E-state index contributed by atoms with van der Waals surface area (Å²) in [5.41, 5.74) is -0.572. The van der Waals surface area contributed by atoms with Gasteiger partial charge in [0.15, 0.2) is 5.79 Å². The van der Waals surface area contributed by atoms with Crippen molar-refractivity contribution in [2.24, 2.45) is 0 Å². The number of carbonyl (C=O) groups excluding carboxylic acids is 1.